The lowest BCUT2D eigenvalue weighted by Crippen LogP contribution is -2.45. The predicted octanol–water partition coefficient (Wildman–Crippen LogP) is 4.63. The van der Waals surface area contributed by atoms with Crippen molar-refractivity contribution in [3.63, 3.8) is 0 Å². The Morgan fingerprint density at radius 1 is 0.520 bits per heavy atom. The normalized spacial score (nSPS) is 14.4. The van der Waals surface area contributed by atoms with Gasteiger partial charge in [0.25, 0.3) is 0 Å². The Bertz CT molecular complexity index is 425. The molecule has 0 atom stereocenters. The molecule has 0 saturated heterocycles. The summed E-state index contributed by atoms with van der Waals surface area (Å²) in [5.41, 5.74) is 3.04. The number of hydrogen-bond donors (Lipinski definition) is 0. The highest BCUT2D eigenvalue weighted by molar-refractivity contribution is 6.53. The summed E-state index contributed by atoms with van der Waals surface area (Å²) in [5.74, 6) is 0. The molecule has 0 amide bonds. The third-order valence-electron chi connectivity index (χ3n) is 3.30. The van der Waals surface area contributed by atoms with Gasteiger partial charge in [0.2, 0.25) is 0 Å². The van der Waals surface area contributed by atoms with E-state index in [0.29, 0.717) is 0 Å². The van der Waals surface area contributed by atoms with E-state index in [0.717, 1.165) is 48.5 Å². The molecule has 0 aromatic rings. The highest BCUT2D eigenvalue weighted by Gasteiger charge is 2.63. The van der Waals surface area contributed by atoms with Gasteiger partial charge in [0, 0.05) is 0 Å². The first-order valence-corrected chi connectivity index (χ1v) is 10.3. The van der Waals surface area contributed by atoms with Crippen molar-refractivity contribution >= 4 is 31.9 Å². The minimum Gasteiger partial charge on any atom is -0.340 e. The Balaban J connectivity index is 5.71. The van der Waals surface area contributed by atoms with Crippen molar-refractivity contribution in [1.29, 1.82) is 0 Å². The van der Waals surface area contributed by atoms with Crippen molar-refractivity contribution in [2.75, 3.05) is 0 Å². The molecule has 0 aromatic carbocycles. The van der Waals surface area contributed by atoms with Crippen molar-refractivity contribution in [3.8, 4) is 0 Å². The minimum atomic E-state index is -3.86. The molecule has 0 aliphatic carbocycles. The van der Waals surface area contributed by atoms with E-state index < -0.39 is 9.05 Å². The predicted molar refractivity (Wildman–Crippen MR) is 104 cm³/mol. The van der Waals surface area contributed by atoms with Gasteiger partial charge in [-0.05, 0) is 53.4 Å². The van der Waals surface area contributed by atoms with Crippen LogP contribution in [0.15, 0.2) is 20.6 Å². The van der Waals surface area contributed by atoms with Gasteiger partial charge in [-0.25, -0.2) is 0 Å². The fourth-order valence-corrected chi connectivity index (χ4v) is 2.16. The summed E-state index contributed by atoms with van der Waals surface area (Å²) >= 11 is 0. The van der Waals surface area contributed by atoms with E-state index in [-0.39, 0.29) is 0 Å². The average molecular weight is 373 g/mol. The lowest BCUT2D eigenvalue weighted by Gasteiger charge is -2.18. The van der Waals surface area contributed by atoms with Crippen LogP contribution >= 0.6 is 0 Å². The summed E-state index contributed by atoms with van der Waals surface area (Å²) in [6, 6.07) is 0. The number of nitrogens with zero attached hydrogens (tertiary/aromatic N) is 4. The van der Waals surface area contributed by atoms with Crippen molar-refractivity contribution in [3.05, 3.63) is 0 Å². The molecule has 0 aliphatic heterocycles. The van der Waals surface area contributed by atoms with E-state index in [1.54, 1.807) is 0 Å². The summed E-state index contributed by atoms with van der Waals surface area (Å²) in [4.78, 5) is 0. The van der Waals surface area contributed by atoms with Crippen LogP contribution in [-0.4, -0.2) is 31.9 Å². The molecule has 0 unspecified atom stereocenters. The molecule has 0 radical (unpaired) electrons. The van der Waals surface area contributed by atoms with E-state index in [4.69, 9.17) is 18.1 Å². The van der Waals surface area contributed by atoms with E-state index in [9.17, 15) is 0 Å². The molecule has 25 heavy (non-hydrogen) atoms. The maximum absolute atomic E-state index is 5.51. The van der Waals surface area contributed by atoms with Gasteiger partial charge in [0.1, 0.15) is 0 Å². The first kappa shape index (κ1) is 23.1. The van der Waals surface area contributed by atoms with E-state index >= 15 is 0 Å². The van der Waals surface area contributed by atoms with Gasteiger partial charge in [0.15, 0.2) is 0 Å². The molecule has 0 spiro atoms. The van der Waals surface area contributed by atoms with Crippen LogP contribution in [0.25, 0.3) is 0 Å². The molecule has 0 aliphatic rings. The van der Waals surface area contributed by atoms with Gasteiger partial charge >= 0.3 is 9.05 Å². The maximum Gasteiger partial charge on any atom is 1.05 e. The van der Waals surface area contributed by atoms with Gasteiger partial charge in [-0.15, -0.1) is 20.6 Å². The van der Waals surface area contributed by atoms with Crippen LogP contribution < -0.4 is 0 Å². The summed E-state index contributed by atoms with van der Waals surface area (Å²) < 4.78 is 22.0. The molecular formula is C16H32N4O4Si. The zero-order valence-electron chi connectivity index (χ0n) is 16.8. The van der Waals surface area contributed by atoms with Crippen molar-refractivity contribution in [1.82, 2.24) is 0 Å². The quantitative estimate of drug-likeness (QED) is 0.284. The fourth-order valence-electron chi connectivity index (χ4n) is 0.893. The monoisotopic (exact) mass is 372 g/mol. The van der Waals surface area contributed by atoms with Crippen LogP contribution in [-0.2, 0) is 18.1 Å². The van der Waals surface area contributed by atoms with Crippen LogP contribution in [0.5, 0.6) is 0 Å². The van der Waals surface area contributed by atoms with Crippen LogP contribution in [0.1, 0.15) is 81.1 Å². The topological polar surface area (TPSA) is 86.4 Å². The van der Waals surface area contributed by atoms with Crippen molar-refractivity contribution in [2.45, 2.75) is 81.1 Å². The zero-order chi connectivity index (χ0) is 19.3. The molecule has 8 nitrogen and oxygen atoms in total. The zero-order valence-corrected chi connectivity index (χ0v) is 17.8. The van der Waals surface area contributed by atoms with E-state index in [1.807, 2.05) is 55.4 Å². The van der Waals surface area contributed by atoms with E-state index in [2.05, 4.69) is 20.6 Å². The number of rotatable bonds is 12. The maximum atomic E-state index is 5.51. The first-order chi connectivity index (χ1) is 11.8. The standard InChI is InChI=1S/C16H32N4O4Si/c1-9-13(5)17-21-25(22-18-14(6)10-2,23-19-15(7)11-3)24-20-16(8)12-4/h9-12H2,1-8H3/b17-13-,18-14-,19-15-,20-16?. The van der Waals surface area contributed by atoms with Crippen molar-refractivity contribution in [2.24, 2.45) is 20.6 Å². The summed E-state index contributed by atoms with van der Waals surface area (Å²) in [6.45, 7) is 15.2. The molecule has 0 heterocycles. The van der Waals surface area contributed by atoms with Gasteiger partial charge in [-0.1, -0.05) is 27.7 Å². The second kappa shape index (κ2) is 12.5. The molecule has 0 rings (SSSR count). The Hall–Kier alpha value is -1.90. The highest BCUT2D eigenvalue weighted by atomic mass is 28.4. The average Bonchev–Trinajstić information content (AvgIpc) is 2.65. The molecule has 0 fully saturated rings. The Labute approximate surface area is 152 Å². The van der Waals surface area contributed by atoms with E-state index in [1.165, 1.54) is 0 Å². The summed E-state index contributed by atoms with van der Waals surface area (Å²) in [6.07, 6.45) is 2.87. The lowest BCUT2D eigenvalue weighted by atomic mass is 10.3. The molecule has 0 bridgehead atoms. The van der Waals surface area contributed by atoms with Gasteiger partial charge in [-0.2, -0.15) is 0 Å². The van der Waals surface area contributed by atoms with Crippen LogP contribution in [0.2, 0.25) is 0 Å². The van der Waals surface area contributed by atoms with Crippen LogP contribution in [0.4, 0.5) is 0 Å². The summed E-state index contributed by atoms with van der Waals surface area (Å²) in [5, 5.41) is 16.1. The van der Waals surface area contributed by atoms with Crippen LogP contribution in [0, 0.1) is 0 Å². The SMILES string of the molecule is CCC(C)=NO[Si](O/N=C(/C)CC)(O/N=C(/C)CC)O/N=C(/C)CC. The largest absolute Gasteiger partial charge is 1.05 e. The minimum absolute atomic E-state index is 0.718. The second-order valence-electron chi connectivity index (χ2n) is 5.59. The molecule has 0 aromatic heterocycles. The van der Waals surface area contributed by atoms with Gasteiger partial charge < -0.3 is 18.1 Å². The lowest BCUT2D eigenvalue weighted by molar-refractivity contribution is -0.0319. The molecule has 0 N–H and O–H groups in total. The van der Waals surface area contributed by atoms with Gasteiger partial charge in [-0.3, -0.25) is 0 Å². The molecule has 144 valence electrons. The Morgan fingerprint density at radius 3 is 0.880 bits per heavy atom. The Morgan fingerprint density at radius 2 is 0.720 bits per heavy atom. The summed E-state index contributed by atoms with van der Waals surface area (Å²) in [7, 11) is -3.86. The molecular weight excluding hydrogens is 340 g/mol. The molecule has 9 heteroatoms. The smallest absolute Gasteiger partial charge is 0.340 e. The highest BCUT2D eigenvalue weighted by Crippen LogP contribution is 2.16. The number of oxime groups is 4. The molecule has 0 saturated carbocycles. The number of hydrogen-bond acceptors (Lipinski definition) is 8. The first-order valence-electron chi connectivity index (χ1n) is 8.68. The Kier molecular flexibility index (Phi) is 11.5. The van der Waals surface area contributed by atoms with Crippen molar-refractivity contribution < 1.29 is 18.1 Å². The van der Waals surface area contributed by atoms with Gasteiger partial charge in [0.05, 0.1) is 22.8 Å². The third kappa shape index (κ3) is 9.85. The second-order valence-corrected chi connectivity index (χ2v) is 7.32. The fraction of sp³-hybridized carbons (Fsp3) is 0.750. The third-order valence-corrected chi connectivity index (χ3v) is 4.56. The van der Waals surface area contributed by atoms with Crippen LogP contribution in [0.3, 0.4) is 0 Å².